The van der Waals surface area contributed by atoms with Crippen molar-refractivity contribution in [3.63, 3.8) is 0 Å². The molecule has 0 aromatic carbocycles. The summed E-state index contributed by atoms with van der Waals surface area (Å²) < 4.78 is 22.2. The van der Waals surface area contributed by atoms with Crippen LogP contribution in [-0.2, 0) is 4.79 Å². The molecule has 1 heterocycles. The number of amides is 1. The molecule has 1 aliphatic rings. The fourth-order valence-corrected chi connectivity index (χ4v) is 1.20. The summed E-state index contributed by atoms with van der Waals surface area (Å²) in [6.07, 6.45) is 0.417. The zero-order chi connectivity index (χ0) is 10.3. The van der Waals surface area contributed by atoms with Gasteiger partial charge in [0.25, 0.3) is 0 Å². The van der Waals surface area contributed by atoms with E-state index in [4.69, 9.17) is 4.11 Å². The Morgan fingerprint density at radius 3 is 2.70 bits per heavy atom. The van der Waals surface area contributed by atoms with E-state index in [1.165, 1.54) is 0 Å². The van der Waals surface area contributed by atoms with Gasteiger partial charge in [-0.2, -0.15) is 0 Å². The van der Waals surface area contributed by atoms with Gasteiger partial charge in [0.2, 0.25) is 5.91 Å². The molecule has 0 aliphatic carbocycles. The predicted molar refractivity (Wildman–Crippen MR) is 40.6 cm³/mol. The maximum absolute atomic E-state index is 11.5. The molecule has 1 aliphatic heterocycles. The molecular formula is C8H15NO. The van der Waals surface area contributed by atoms with Crippen LogP contribution in [0.2, 0.25) is 0 Å². The SMILES string of the molecule is [2H]C([2H])([2H])C1(C(C)C)CCNC1=O. The van der Waals surface area contributed by atoms with Crippen LogP contribution >= 0.6 is 0 Å². The van der Waals surface area contributed by atoms with Gasteiger partial charge in [0.15, 0.2) is 0 Å². The second-order valence-corrected chi connectivity index (χ2v) is 3.13. The molecule has 2 nitrogen and oxygen atoms in total. The lowest BCUT2D eigenvalue weighted by molar-refractivity contribution is -0.128. The molecule has 0 spiro atoms. The van der Waals surface area contributed by atoms with Gasteiger partial charge in [-0.05, 0) is 12.3 Å². The largest absolute Gasteiger partial charge is 0.356 e. The van der Waals surface area contributed by atoms with E-state index in [1.807, 2.05) is 0 Å². The number of carbonyl (C=O) groups is 1. The first kappa shape index (κ1) is 4.37. The van der Waals surface area contributed by atoms with Crippen LogP contribution in [0.5, 0.6) is 0 Å². The van der Waals surface area contributed by atoms with Gasteiger partial charge in [0, 0.05) is 10.7 Å². The van der Waals surface area contributed by atoms with E-state index in [0.717, 1.165) is 0 Å². The van der Waals surface area contributed by atoms with E-state index in [9.17, 15) is 4.79 Å². The topological polar surface area (TPSA) is 29.1 Å². The zero-order valence-corrected chi connectivity index (χ0v) is 6.40. The lowest BCUT2D eigenvalue weighted by Crippen LogP contribution is -2.32. The number of hydrogen-bond acceptors (Lipinski definition) is 1. The molecule has 2 heteroatoms. The van der Waals surface area contributed by atoms with Crippen molar-refractivity contribution in [3.8, 4) is 0 Å². The van der Waals surface area contributed by atoms with Gasteiger partial charge < -0.3 is 5.32 Å². The Labute approximate surface area is 66.2 Å². The molecule has 0 bridgehead atoms. The zero-order valence-electron chi connectivity index (χ0n) is 9.40. The van der Waals surface area contributed by atoms with Gasteiger partial charge >= 0.3 is 0 Å². The summed E-state index contributed by atoms with van der Waals surface area (Å²) in [5.74, 6) is -0.468. The third kappa shape index (κ3) is 0.917. The van der Waals surface area contributed by atoms with E-state index in [-0.39, 0.29) is 11.8 Å². The fourth-order valence-electron chi connectivity index (χ4n) is 1.20. The number of carbonyl (C=O) groups excluding carboxylic acids is 1. The Bertz CT molecular complexity index is 224. The third-order valence-electron chi connectivity index (χ3n) is 2.20. The van der Waals surface area contributed by atoms with Gasteiger partial charge in [0.05, 0.1) is 5.41 Å². The molecular weight excluding hydrogens is 126 g/mol. The van der Waals surface area contributed by atoms with Gasteiger partial charge in [-0.1, -0.05) is 20.7 Å². The lowest BCUT2D eigenvalue weighted by Gasteiger charge is -2.24. The summed E-state index contributed by atoms with van der Waals surface area (Å²) in [5.41, 5.74) is -1.16. The van der Waals surface area contributed by atoms with E-state index < -0.39 is 12.3 Å². The van der Waals surface area contributed by atoms with Crippen molar-refractivity contribution in [2.75, 3.05) is 6.54 Å². The quantitative estimate of drug-likeness (QED) is 0.588. The second kappa shape index (κ2) is 2.26. The molecule has 1 fully saturated rings. The van der Waals surface area contributed by atoms with Crippen molar-refractivity contribution in [2.45, 2.75) is 27.1 Å². The highest BCUT2D eigenvalue weighted by molar-refractivity contribution is 5.84. The standard InChI is InChI=1S/C8H15NO/c1-6(2)8(3)4-5-9-7(8)10/h6H,4-5H2,1-3H3,(H,9,10)/i3D3. The van der Waals surface area contributed by atoms with E-state index in [0.29, 0.717) is 13.0 Å². The smallest absolute Gasteiger partial charge is 0.226 e. The molecule has 1 rings (SSSR count). The Morgan fingerprint density at radius 2 is 2.50 bits per heavy atom. The molecule has 58 valence electrons. The van der Waals surface area contributed by atoms with Crippen LogP contribution in [0.4, 0.5) is 0 Å². The van der Waals surface area contributed by atoms with Crippen molar-refractivity contribution in [3.05, 3.63) is 0 Å². The van der Waals surface area contributed by atoms with E-state index in [2.05, 4.69) is 5.32 Å². The van der Waals surface area contributed by atoms with Crippen molar-refractivity contribution < 1.29 is 8.91 Å². The van der Waals surface area contributed by atoms with Crippen LogP contribution in [0, 0.1) is 11.3 Å². The van der Waals surface area contributed by atoms with Crippen LogP contribution in [0.3, 0.4) is 0 Å². The van der Waals surface area contributed by atoms with Crippen LogP contribution in [0.15, 0.2) is 0 Å². The molecule has 0 radical (unpaired) electrons. The summed E-state index contributed by atoms with van der Waals surface area (Å²) in [6.45, 7) is 1.87. The summed E-state index contributed by atoms with van der Waals surface area (Å²) in [7, 11) is 0. The van der Waals surface area contributed by atoms with Gasteiger partial charge in [-0.3, -0.25) is 4.79 Å². The Balaban J connectivity index is 3.08. The Hall–Kier alpha value is -0.530. The minimum atomic E-state index is -2.19. The van der Waals surface area contributed by atoms with Crippen LogP contribution in [-0.4, -0.2) is 12.5 Å². The van der Waals surface area contributed by atoms with Crippen LogP contribution in [0.25, 0.3) is 0 Å². The molecule has 0 aromatic rings. The van der Waals surface area contributed by atoms with Crippen molar-refractivity contribution in [2.24, 2.45) is 11.3 Å². The first-order chi connectivity index (χ1) is 5.82. The van der Waals surface area contributed by atoms with Crippen LogP contribution in [0.1, 0.15) is 31.2 Å². The first-order valence-electron chi connectivity index (χ1n) is 5.10. The van der Waals surface area contributed by atoms with Gasteiger partial charge in [-0.15, -0.1) is 0 Å². The monoisotopic (exact) mass is 144 g/mol. The molecule has 1 saturated heterocycles. The number of hydrogen-bond donors (Lipinski definition) is 1. The lowest BCUT2D eigenvalue weighted by atomic mass is 9.78. The molecule has 10 heavy (non-hydrogen) atoms. The van der Waals surface area contributed by atoms with Crippen molar-refractivity contribution in [1.82, 2.24) is 5.32 Å². The molecule has 1 atom stereocenters. The summed E-state index contributed by atoms with van der Waals surface area (Å²) in [5, 5.41) is 2.60. The van der Waals surface area contributed by atoms with Crippen LogP contribution < -0.4 is 5.32 Å². The summed E-state index contributed by atoms with van der Waals surface area (Å²) in [4.78, 5) is 11.5. The molecule has 0 aromatic heterocycles. The highest BCUT2D eigenvalue weighted by Crippen LogP contribution is 2.33. The molecule has 1 unspecified atom stereocenters. The van der Waals surface area contributed by atoms with Crippen molar-refractivity contribution in [1.29, 1.82) is 0 Å². The highest BCUT2D eigenvalue weighted by Gasteiger charge is 2.39. The second-order valence-electron chi connectivity index (χ2n) is 3.13. The third-order valence-corrected chi connectivity index (χ3v) is 2.20. The summed E-state index contributed by atoms with van der Waals surface area (Å²) >= 11 is 0. The minimum Gasteiger partial charge on any atom is -0.356 e. The normalized spacial score (nSPS) is 38.7. The Kier molecular flexibility index (Phi) is 0.986. The average molecular weight is 144 g/mol. The maximum Gasteiger partial charge on any atom is 0.226 e. The van der Waals surface area contributed by atoms with Gasteiger partial charge in [0.1, 0.15) is 0 Å². The predicted octanol–water partition coefficient (Wildman–Crippen LogP) is 1.17. The van der Waals surface area contributed by atoms with E-state index >= 15 is 0 Å². The molecule has 1 N–H and O–H groups in total. The minimum absolute atomic E-state index is 0.150. The number of rotatable bonds is 1. The Morgan fingerprint density at radius 1 is 1.80 bits per heavy atom. The first-order valence-corrected chi connectivity index (χ1v) is 3.60. The number of nitrogens with one attached hydrogen (secondary N) is 1. The van der Waals surface area contributed by atoms with Gasteiger partial charge in [-0.25, -0.2) is 0 Å². The van der Waals surface area contributed by atoms with E-state index in [1.54, 1.807) is 13.8 Å². The average Bonchev–Trinajstić information content (AvgIpc) is 2.29. The van der Waals surface area contributed by atoms with Crippen molar-refractivity contribution >= 4 is 5.91 Å². The highest BCUT2D eigenvalue weighted by atomic mass is 16.2. The maximum atomic E-state index is 11.5. The molecule has 0 saturated carbocycles. The fraction of sp³-hybridized carbons (Fsp3) is 0.875. The molecule has 1 amide bonds. The summed E-state index contributed by atoms with van der Waals surface area (Å²) in [6, 6.07) is 0.